The van der Waals surface area contributed by atoms with Crippen molar-refractivity contribution < 1.29 is 14.6 Å². The molecule has 0 saturated carbocycles. The molecule has 1 aromatic carbocycles. The Bertz CT molecular complexity index is 319. The van der Waals surface area contributed by atoms with Crippen LogP contribution in [-0.2, 0) is 0 Å². The zero-order valence-electron chi connectivity index (χ0n) is 9.00. The Balaban J connectivity index is 3.28. The van der Waals surface area contributed by atoms with E-state index < -0.39 is 6.10 Å². The third kappa shape index (κ3) is 1.82. The van der Waals surface area contributed by atoms with Gasteiger partial charge >= 0.3 is 0 Å². The molecule has 0 aromatic heterocycles. The molecule has 0 spiro atoms. The van der Waals surface area contributed by atoms with Gasteiger partial charge in [0.25, 0.3) is 0 Å². The monoisotopic (exact) mass is 196 g/mol. The molecule has 0 saturated heterocycles. The fourth-order valence-corrected chi connectivity index (χ4v) is 1.52. The van der Waals surface area contributed by atoms with Crippen LogP contribution in [0.3, 0.4) is 0 Å². The normalized spacial score (nSPS) is 12.4. The number of methoxy groups -OCH3 is 2. The summed E-state index contributed by atoms with van der Waals surface area (Å²) in [5.41, 5.74) is 1.69. The van der Waals surface area contributed by atoms with Gasteiger partial charge in [0.15, 0.2) is 0 Å². The van der Waals surface area contributed by atoms with Crippen molar-refractivity contribution in [2.24, 2.45) is 0 Å². The molecular weight excluding hydrogens is 180 g/mol. The van der Waals surface area contributed by atoms with Crippen LogP contribution in [0.4, 0.5) is 0 Å². The number of hydrogen-bond donors (Lipinski definition) is 1. The fourth-order valence-electron chi connectivity index (χ4n) is 1.52. The lowest BCUT2D eigenvalue weighted by Gasteiger charge is -2.15. The van der Waals surface area contributed by atoms with Crippen molar-refractivity contribution in [3.05, 3.63) is 23.3 Å². The Morgan fingerprint density at radius 2 is 1.86 bits per heavy atom. The smallest absolute Gasteiger partial charge is 0.131 e. The first-order valence-corrected chi connectivity index (χ1v) is 4.51. The first-order valence-electron chi connectivity index (χ1n) is 4.51. The summed E-state index contributed by atoms with van der Waals surface area (Å²) >= 11 is 0. The molecular formula is C11H16O3. The van der Waals surface area contributed by atoms with Crippen LogP contribution in [0.25, 0.3) is 0 Å². The molecule has 78 valence electrons. The van der Waals surface area contributed by atoms with Crippen LogP contribution in [-0.4, -0.2) is 19.3 Å². The molecule has 3 nitrogen and oxygen atoms in total. The minimum absolute atomic E-state index is 0.533. The van der Waals surface area contributed by atoms with Crippen LogP contribution in [0.2, 0.25) is 0 Å². The molecule has 0 bridgehead atoms. The lowest BCUT2D eigenvalue weighted by atomic mass is 10.0. The van der Waals surface area contributed by atoms with Crippen LogP contribution < -0.4 is 9.47 Å². The first-order chi connectivity index (χ1) is 6.61. The van der Waals surface area contributed by atoms with Gasteiger partial charge in [0, 0.05) is 11.1 Å². The molecule has 14 heavy (non-hydrogen) atoms. The number of aliphatic hydroxyl groups excluding tert-OH is 1. The van der Waals surface area contributed by atoms with Gasteiger partial charge < -0.3 is 14.6 Å². The summed E-state index contributed by atoms with van der Waals surface area (Å²) in [6, 6.07) is 3.65. The Morgan fingerprint density at radius 1 is 1.21 bits per heavy atom. The van der Waals surface area contributed by atoms with E-state index in [4.69, 9.17) is 9.47 Å². The van der Waals surface area contributed by atoms with E-state index in [0.717, 1.165) is 16.9 Å². The van der Waals surface area contributed by atoms with Crippen molar-refractivity contribution in [3.63, 3.8) is 0 Å². The summed E-state index contributed by atoms with van der Waals surface area (Å²) in [5, 5.41) is 9.50. The highest BCUT2D eigenvalue weighted by Crippen LogP contribution is 2.34. The molecule has 0 heterocycles. The van der Waals surface area contributed by atoms with Crippen molar-refractivity contribution >= 4 is 0 Å². The number of ether oxygens (including phenoxy) is 2. The summed E-state index contributed by atoms with van der Waals surface area (Å²) in [6.07, 6.45) is -0.533. The lowest BCUT2D eigenvalue weighted by Crippen LogP contribution is -2.00. The number of hydrogen-bond acceptors (Lipinski definition) is 3. The summed E-state index contributed by atoms with van der Waals surface area (Å²) < 4.78 is 10.4. The predicted octanol–water partition coefficient (Wildman–Crippen LogP) is 2.07. The maximum atomic E-state index is 9.50. The highest BCUT2D eigenvalue weighted by atomic mass is 16.5. The number of aliphatic hydroxyl groups is 1. The van der Waals surface area contributed by atoms with E-state index in [1.807, 2.05) is 19.1 Å². The molecule has 0 aliphatic carbocycles. The summed E-state index contributed by atoms with van der Waals surface area (Å²) in [5.74, 6) is 1.46. The number of benzene rings is 1. The Labute approximate surface area is 84.3 Å². The average Bonchev–Trinajstić information content (AvgIpc) is 2.17. The largest absolute Gasteiger partial charge is 0.496 e. The molecule has 1 atom stereocenters. The van der Waals surface area contributed by atoms with Crippen LogP contribution in [0.5, 0.6) is 11.5 Å². The van der Waals surface area contributed by atoms with Crippen molar-refractivity contribution in [2.75, 3.05) is 14.2 Å². The standard InChI is InChI=1S/C11H16O3/c1-7-10(13-3)6-5-9(8(2)12)11(7)14-4/h5-6,8,12H,1-4H3. The van der Waals surface area contributed by atoms with Crippen LogP contribution >= 0.6 is 0 Å². The van der Waals surface area contributed by atoms with Gasteiger partial charge in [-0.15, -0.1) is 0 Å². The average molecular weight is 196 g/mol. The maximum absolute atomic E-state index is 9.50. The summed E-state index contributed by atoms with van der Waals surface area (Å²) in [7, 11) is 3.21. The zero-order chi connectivity index (χ0) is 10.7. The topological polar surface area (TPSA) is 38.7 Å². The molecule has 0 aliphatic rings. The number of rotatable bonds is 3. The van der Waals surface area contributed by atoms with Gasteiger partial charge in [0.1, 0.15) is 11.5 Å². The lowest BCUT2D eigenvalue weighted by molar-refractivity contribution is 0.194. The van der Waals surface area contributed by atoms with E-state index >= 15 is 0 Å². The third-order valence-corrected chi connectivity index (χ3v) is 2.26. The van der Waals surface area contributed by atoms with Crippen molar-refractivity contribution in [2.45, 2.75) is 20.0 Å². The highest BCUT2D eigenvalue weighted by molar-refractivity contribution is 5.49. The second kappa shape index (κ2) is 4.33. The van der Waals surface area contributed by atoms with E-state index in [9.17, 15) is 5.11 Å². The van der Waals surface area contributed by atoms with Gasteiger partial charge in [0.2, 0.25) is 0 Å². The Kier molecular flexibility index (Phi) is 3.36. The Morgan fingerprint density at radius 3 is 2.29 bits per heavy atom. The summed E-state index contributed by atoms with van der Waals surface area (Å²) in [4.78, 5) is 0. The molecule has 3 heteroatoms. The van der Waals surface area contributed by atoms with Gasteiger partial charge in [-0.05, 0) is 26.0 Å². The molecule has 1 aromatic rings. The van der Waals surface area contributed by atoms with Gasteiger partial charge in [-0.1, -0.05) is 0 Å². The minimum Gasteiger partial charge on any atom is -0.496 e. The van der Waals surface area contributed by atoms with E-state index in [0.29, 0.717) is 5.75 Å². The van der Waals surface area contributed by atoms with E-state index in [2.05, 4.69) is 0 Å². The molecule has 1 unspecified atom stereocenters. The van der Waals surface area contributed by atoms with Crippen molar-refractivity contribution in [1.29, 1.82) is 0 Å². The molecule has 1 rings (SSSR count). The maximum Gasteiger partial charge on any atom is 0.131 e. The van der Waals surface area contributed by atoms with E-state index in [-0.39, 0.29) is 0 Å². The van der Waals surface area contributed by atoms with Crippen LogP contribution in [0.15, 0.2) is 12.1 Å². The molecule has 1 N–H and O–H groups in total. The van der Waals surface area contributed by atoms with Gasteiger partial charge in [-0.25, -0.2) is 0 Å². The molecule has 0 amide bonds. The predicted molar refractivity (Wildman–Crippen MR) is 54.9 cm³/mol. The molecule has 0 radical (unpaired) electrons. The van der Waals surface area contributed by atoms with Gasteiger partial charge in [-0.3, -0.25) is 0 Å². The third-order valence-electron chi connectivity index (χ3n) is 2.26. The fraction of sp³-hybridized carbons (Fsp3) is 0.455. The van der Waals surface area contributed by atoms with Crippen LogP contribution in [0, 0.1) is 6.92 Å². The van der Waals surface area contributed by atoms with Crippen molar-refractivity contribution in [3.8, 4) is 11.5 Å². The zero-order valence-corrected chi connectivity index (χ0v) is 9.00. The SMILES string of the molecule is COc1ccc(C(C)O)c(OC)c1C. The van der Waals surface area contributed by atoms with Crippen molar-refractivity contribution in [1.82, 2.24) is 0 Å². The molecule has 0 fully saturated rings. The second-order valence-electron chi connectivity index (χ2n) is 3.19. The Hall–Kier alpha value is -1.22. The minimum atomic E-state index is -0.533. The van der Waals surface area contributed by atoms with E-state index in [1.165, 1.54) is 0 Å². The van der Waals surface area contributed by atoms with E-state index in [1.54, 1.807) is 21.1 Å². The second-order valence-corrected chi connectivity index (χ2v) is 3.19. The first kappa shape index (κ1) is 10.9. The quantitative estimate of drug-likeness (QED) is 0.804. The van der Waals surface area contributed by atoms with Gasteiger partial charge in [-0.2, -0.15) is 0 Å². The molecule has 0 aliphatic heterocycles. The van der Waals surface area contributed by atoms with Gasteiger partial charge in [0.05, 0.1) is 20.3 Å². The highest BCUT2D eigenvalue weighted by Gasteiger charge is 2.13. The summed E-state index contributed by atoms with van der Waals surface area (Å²) in [6.45, 7) is 3.62. The van der Waals surface area contributed by atoms with Crippen LogP contribution in [0.1, 0.15) is 24.2 Å².